The number of nitrogens with zero attached hydrogens (tertiary/aromatic N) is 2. The second-order valence-corrected chi connectivity index (χ2v) is 5.76. The van der Waals surface area contributed by atoms with Crippen LogP contribution in [-0.4, -0.2) is 16.7 Å². The molecule has 1 atom stereocenters. The van der Waals surface area contributed by atoms with Crippen molar-refractivity contribution in [2.45, 2.75) is 36.8 Å². The topological polar surface area (TPSA) is 51.0 Å². The fraction of sp³-hybridized carbons (Fsp3) is 0.429. The second kappa shape index (κ2) is 5.75. The number of hydrogen-bond donors (Lipinski definition) is 1. The summed E-state index contributed by atoms with van der Waals surface area (Å²) in [6, 6.07) is 8.77. The van der Waals surface area contributed by atoms with Gasteiger partial charge in [0.15, 0.2) is 0 Å². The number of rotatable bonds is 4. The van der Waals surface area contributed by atoms with Crippen LogP contribution in [0.3, 0.4) is 0 Å². The molecule has 1 saturated heterocycles. The van der Waals surface area contributed by atoms with Gasteiger partial charge in [-0.15, -0.1) is 10.2 Å². The number of hydrogen-bond acceptors (Lipinski definition) is 5. The lowest BCUT2D eigenvalue weighted by Crippen LogP contribution is -2.12. The van der Waals surface area contributed by atoms with E-state index in [2.05, 4.69) is 46.7 Å². The van der Waals surface area contributed by atoms with Crippen molar-refractivity contribution < 1.29 is 4.42 Å². The molecule has 1 N–H and O–H groups in total. The SMILES string of the molecule is Cc1ccc(CSc2nnc([C@H]3CCCN3)o2)cc1. The minimum Gasteiger partial charge on any atom is -0.414 e. The second-order valence-electron chi connectivity index (χ2n) is 4.83. The Morgan fingerprint density at radius 1 is 1.32 bits per heavy atom. The zero-order chi connectivity index (χ0) is 13.1. The lowest BCUT2D eigenvalue weighted by Gasteiger charge is -2.02. The average molecular weight is 275 g/mol. The molecule has 100 valence electrons. The van der Waals surface area contributed by atoms with Crippen LogP contribution in [0.2, 0.25) is 0 Å². The average Bonchev–Trinajstić information content (AvgIpc) is 3.09. The minimum atomic E-state index is 0.251. The zero-order valence-electron chi connectivity index (χ0n) is 10.9. The molecule has 19 heavy (non-hydrogen) atoms. The predicted octanol–water partition coefficient (Wildman–Crippen LogP) is 3.09. The van der Waals surface area contributed by atoms with Crippen molar-refractivity contribution in [3.05, 3.63) is 41.3 Å². The molecule has 3 rings (SSSR count). The van der Waals surface area contributed by atoms with Gasteiger partial charge < -0.3 is 9.73 Å². The van der Waals surface area contributed by atoms with Crippen LogP contribution in [0.15, 0.2) is 33.9 Å². The molecular weight excluding hydrogens is 258 g/mol. The van der Waals surface area contributed by atoms with Gasteiger partial charge in [-0.2, -0.15) is 0 Å². The van der Waals surface area contributed by atoms with Crippen LogP contribution in [0.25, 0.3) is 0 Å². The molecule has 0 saturated carbocycles. The summed E-state index contributed by atoms with van der Waals surface area (Å²) in [5, 5.41) is 12.2. The molecule has 0 aliphatic carbocycles. The summed E-state index contributed by atoms with van der Waals surface area (Å²) in [4.78, 5) is 0. The molecule has 2 heterocycles. The molecule has 0 spiro atoms. The maximum Gasteiger partial charge on any atom is 0.276 e. The van der Waals surface area contributed by atoms with E-state index >= 15 is 0 Å². The summed E-state index contributed by atoms with van der Waals surface area (Å²) in [7, 11) is 0. The molecule has 1 aliphatic rings. The van der Waals surface area contributed by atoms with Gasteiger partial charge in [-0.25, -0.2) is 0 Å². The summed E-state index contributed by atoms with van der Waals surface area (Å²) in [6.45, 7) is 3.13. The number of aryl methyl sites for hydroxylation is 1. The third-order valence-corrected chi connectivity index (χ3v) is 4.15. The maximum absolute atomic E-state index is 5.69. The van der Waals surface area contributed by atoms with Crippen molar-refractivity contribution in [1.82, 2.24) is 15.5 Å². The summed E-state index contributed by atoms with van der Waals surface area (Å²) < 4.78 is 5.69. The van der Waals surface area contributed by atoms with E-state index < -0.39 is 0 Å². The number of benzene rings is 1. The molecule has 1 aromatic heterocycles. The van der Waals surface area contributed by atoms with E-state index in [1.807, 2.05) is 0 Å². The summed E-state index contributed by atoms with van der Waals surface area (Å²) in [5.74, 6) is 1.59. The highest BCUT2D eigenvalue weighted by molar-refractivity contribution is 7.98. The third kappa shape index (κ3) is 3.16. The standard InChI is InChI=1S/C14H17N3OS/c1-10-4-6-11(7-5-10)9-19-14-17-16-13(18-14)12-3-2-8-15-12/h4-7,12,15H,2-3,8-9H2,1H3/t12-/m1/s1. The van der Waals surface area contributed by atoms with Crippen LogP contribution in [-0.2, 0) is 5.75 Å². The van der Waals surface area contributed by atoms with Gasteiger partial charge in [-0.05, 0) is 31.9 Å². The van der Waals surface area contributed by atoms with Crippen molar-refractivity contribution in [1.29, 1.82) is 0 Å². The van der Waals surface area contributed by atoms with E-state index in [9.17, 15) is 0 Å². The molecule has 0 amide bonds. The van der Waals surface area contributed by atoms with Crippen molar-refractivity contribution in [2.75, 3.05) is 6.54 Å². The Morgan fingerprint density at radius 3 is 2.89 bits per heavy atom. The highest BCUT2D eigenvalue weighted by Gasteiger charge is 2.22. The molecule has 5 heteroatoms. The van der Waals surface area contributed by atoms with Crippen LogP contribution in [0.1, 0.15) is 35.9 Å². The Balaban J connectivity index is 1.59. The Hall–Kier alpha value is -1.33. The molecular formula is C14H17N3OS. The Bertz CT molecular complexity index is 532. The molecule has 0 radical (unpaired) electrons. The van der Waals surface area contributed by atoms with Crippen LogP contribution in [0.4, 0.5) is 0 Å². The first-order chi connectivity index (χ1) is 9.31. The quantitative estimate of drug-likeness (QED) is 0.869. The first-order valence-corrected chi connectivity index (χ1v) is 7.55. The lowest BCUT2D eigenvalue weighted by atomic mass is 10.2. The monoisotopic (exact) mass is 275 g/mol. The highest BCUT2D eigenvalue weighted by Crippen LogP contribution is 2.26. The van der Waals surface area contributed by atoms with Gasteiger partial charge in [-0.1, -0.05) is 41.6 Å². The maximum atomic E-state index is 5.69. The first-order valence-electron chi connectivity index (χ1n) is 6.56. The highest BCUT2D eigenvalue weighted by atomic mass is 32.2. The number of aromatic nitrogens is 2. The van der Waals surface area contributed by atoms with Crippen molar-refractivity contribution in [3.8, 4) is 0 Å². The van der Waals surface area contributed by atoms with Crippen molar-refractivity contribution >= 4 is 11.8 Å². The molecule has 4 nitrogen and oxygen atoms in total. The van der Waals surface area contributed by atoms with E-state index in [0.29, 0.717) is 5.22 Å². The molecule has 1 aromatic carbocycles. The Labute approximate surface area is 117 Å². The Kier molecular flexibility index (Phi) is 3.84. The van der Waals surface area contributed by atoms with Crippen molar-refractivity contribution in [3.63, 3.8) is 0 Å². The van der Waals surface area contributed by atoms with Crippen LogP contribution < -0.4 is 5.32 Å². The Morgan fingerprint density at radius 2 is 2.16 bits per heavy atom. The smallest absolute Gasteiger partial charge is 0.276 e. The predicted molar refractivity (Wildman–Crippen MR) is 75.0 cm³/mol. The van der Waals surface area contributed by atoms with E-state index in [1.165, 1.54) is 17.5 Å². The molecule has 0 unspecified atom stereocenters. The van der Waals surface area contributed by atoms with Crippen molar-refractivity contribution in [2.24, 2.45) is 0 Å². The number of thioether (sulfide) groups is 1. The summed E-state index contributed by atoms with van der Waals surface area (Å²) >= 11 is 1.59. The minimum absolute atomic E-state index is 0.251. The van der Waals surface area contributed by atoms with Gasteiger partial charge in [0.1, 0.15) is 0 Å². The normalized spacial score (nSPS) is 18.9. The lowest BCUT2D eigenvalue weighted by molar-refractivity contribution is 0.374. The van der Waals surface area contributed by atoms with Gasteiger partial charge in [-0.3, -0.25) is 0 Å². The van der Waals surface area contributed by atoms with E-state index in [1.54, 1.807) is 11.8 Å². The zero-order valence-corrected chi connectivity index (χ0v) is 11.7. The summed E-state index contributed by atoms with van der Waals surface area (Å²) in [6.07, 6.45) is 2.27. The molecule has 0 bridgehead atoms. The van der Waals surface area contributed by atoms with Gasteiger partial charge in [0.2, 0.25) is 5.89 Å². The fourth-order valence-corrected chi connectivity index (χ4v) is 2.87. The van der Waals surface area contributed by atoms with Gasteiger partial charge in [0.05, 0.1) is 6.04 Å². The third-order valence-electron chi connectivity index (χ3n) is 3.26. The van der Waals surface area contributed by atoms with Crippen LogP contribution in [0.5, 0.6) is 0 Å². The van der Waals surface area contributed by atoms with Gasteiger partial charge in [0.25, 0.3) is 5.22 Å². The molecule has 1 aliphatic heterocycles. The van der Waals surface area contributed by atoms with Crippen LogP contribution in [0, 0.1) is 6.92 Å². The molecule has 1 fully saturated rings. The first kappa shape index (κ1) is 12.7. The van der Waals surface area contributed by atoms with Gasteiger partial charge in [0, 0.05) is 5.75 Å². The van der Waals surface area contributed by atoms with E-state index in [0.717, 1.165) is 24.6 Å². The molecule has 2 aromatic rings. The van der Waals surface area contributed by atoms with E-state index in [-0.39, 0.29) is 6.04 Å². The van der Waals surface area contributed by atoms with E-state index in [4.69, 9.17) is 4.42 Å². The van der Waals surface area contributed by atoms with Gasteiger partial charge >= 0.3 is 0 Å². The largest absolute Gasteiger partial charge is 0.414 e. The fourth-order valence-electron chi connectivity index (χ4n) is 2.14. The van der Waals surface area contributed by atoms with Crippen LogP contribution >= 0.6 is 11.8 Å². The number of nitrogens with one attached hydrogen (secondary N) is 1. The summed E-state index contributed by atoms with van der Waals surface area (Å²) in [5.41, 5.74) is 2.55.